The van der Waals surface area contributed by atoms with Crippen molar-refractivity contribution in [2.45, 2.75) is 25.4 Å². The average Bonchev–Trinajstić information content (AvgIpc) is 2.28. The van der Waals surface area contributed by atoms with Crippen LogP contribution in [0.15, 0.2) is 24.3 Å². The van der Waals surface area contributed by atoms with E-state index in [1.807, 2.05) is 24.3 Å². The Morgan fingerprint density at radius 3 is 2.94 bits per heavy atom. The number of para-hydroxylation sites is 1. The van der Waals surface area contributed by atoms with Gasteiger partial charge in [0.05, 0.1) is 6.61 Å². The number of carboxylic acids is 1. The standard InChI is InChI=1S/C13H16O4/c1-13(16,12(14)15)7-9-6-10-4-2-3-5-11(10)17-8-9/h2-5,9,16H,6-8H2,1H3,(H,14,15). The van der Waals surface area contributed by atoms with Crippen LogP contribution in [0.2, 0.25) is 0 Å². The number of rotatable bonds is 3. The zero-order valence-electron chi connectivity index (χ0n) is 9.72. The number of aliphatic carboxylic acids is 1. The number of ether oxygens (including phenoxy) is 1. The summed E-state index contributed by atoms with van der Waals surface area (Å²) in [6, 6.07) is 7.71. The Morgan fingerprint density at radius 2 is 2.24 bits per heavy atom. The Morgan fingerprint density at radius 1 is 1.53 bits per heavy atom. The second-order valence-electron chi connectivity index (χ2n) is 4.77. The molecule has 0 saturated heterocycles. The van der Waals surface area contributed by atoms with Gasteiger partial charge in [0.2, 0.25) is 0 Å². The molecule has 0 saturated carbocycles. The van der Waals surface area contributed by atoms with Crippen molar-refractivity contribution in [3.8, 4) is 5.75 Å². The maximum atomic E-state index is 10.8. The molecule has 1 aromatic rings. The van der Waals surface area contributed by atoms with E-state index in [9.17, 15) is 9.90 Å². The molecule has 0 aromatic heterocycles. The number of hydrogen-bond donors (Lipinski definition) is 2. The van der Waals surface area contributed by atoms with Gasteiger partial charge in [-0.25, -0.2) is 4.79 Å². The van der Waals surface area contributed by atoms with E-state index in [0.717, 1.165) is 17.7 Å². The van der Waals surface area contributed by atoms with Crippen LogP contribution in [-0.2, 0) is 11.2 Å². The molecular weight excluding hydrogens is 220 g/mol. The quantitative estimate of drug-likeness (QED) is 0.833. The van der Waals surface area contributed by atoms with Gasteiger partial charge in [-0.3, -0.25) is 0 Å². The molecule has 0 radical (unpaired) electrons. The molecule has 4 nitrogen and oxygen atoms in total. The molecule has 17 heavy (non-hydrogen) atoms. The average molecular weight is 236 g/mol. The van der Waals surface area contributed by atoms with Crippen LogP contribution >= 0.6 is 0 Å². The van der Waals surface area contributed by atoms with Crippen LogP contribution in [0.5, 0.6) is 5.75 Å². The number of carbonyl (C=O) groups is 1. The summed E-state index contributed by atoms with van der Waals surface area (Å²) in [5.74, 6) is -0.286. The molecule has 1 aliphatic rings. The molecule has 0 aliphatic carbocycles. The molecule has 1 aliphatic heterocycles. The van der Waals surface area contributed by atoms with Crippen LogP contribution in [0.1, 0.15) is 18.9 Å². The zero-order valence-corrected chi connectivity index (χ0v) is 9.72. The number of carboxylic acid groups (broad SMARTS) is 1. The summed E-state index contributed by atoms with van der Waals surface area (Å²) in [4.78, 5) is 10.8. The van der Waals surface area contributed by atoms with Crippen LogP contribution < -0.4 is 4.74 Å². The van der Waals surface area contributed by atoms with E-state index in [1.54, 1.807) is 0 Å². The fourth-order valence-corrected chi connectivity index (χ4v) is 2.17. The smallest absolute Gasteiger partial charge is 0.335 e. The van der Waals surface area contributed by atoms with Crippen molar-refractivity contribution in [2.75, 3.05) is 6.61 Å². The molecule has 2 atom stereocenters. The van der Waals surface area contributed by atoms with Crippen molar-refractivity contribution in [1.29, 1.82) is 0 Å². The molecule has 0 spiro atoms. The Labute approximate surface area is 99.8 Å². The summed E-state index contributed by atoms with van der Waals surface area (Å²) in [6.07, 6.45) is 0.955. The van der Waals surface area contributed by atoms with E-state index in [1.165, 1.54) is 6.92 Å². The fraction of sp³-hybridized carbons (Fsp3) is 0.462. The summed E-state index contributed by atoms with van der Waals surface area (Å²) >= 11 is 0. The van der Waals surface area contributed by atoms with Crippen molar-refractivity contribution >= 4 is 5.97 Å². The second kappa shape index (κ2) is 4.37. The Balaban J connectivity index is 2.06. The fourth-order valence-electron chi connectivity index (χ4n) is 2.17. The third kappa shape index (κ3) is 2.58. The van der Waals surface area contributed by atoms with E-state index in [-0.39, 0.29) is 12.3 Å². The van der Waals surface area contributed by atoms with Crippen molar-refractivity contribution < 1.29 is 19.7 Å². The Bertz CT molecular complexity index is 425. The van der Waals surface area contributed by atoms with Gasteiger partial charge in [0.25, 0.3) is 0 Å². The first-order valence-corrected chi connectivity index (χ1v) is 5.65. The van der Waals surface area contributed by atoms with Gasteiger partial charge in [-0.15, -0.1) is 0 Å². The van der Waals surface area contributed by atoms with Crippen LogP contribution in [0.25, 0.3) is 0 Å². The van der Waals surface area contributed by atoms with Crippen LogP contribution in [0, 0.1) is 5.92 Å². The van der Waals surface area contributed by atoms with E-state index in [0.29, 0.717) is 6.61 Å². The molecule has 0 bridgehead atoms. The van der Waals surface area contributed by atoms with Gasteiger partial charge in [-0.2, -0.15) is 0 Å². The molecule has 1 aromatic carbocycles. The lowest BCUT2D eigenvalue weighted by molar-refractivity contribution is -0.158. The van der Waals surface area contributed by atoms with Gasteiger partial charge in [0.15, 0.2) is 5.60 Å². The zero-order chi connectivity index (χ0) is 12.5. The number of hydrogen-bond acceptors (Lipinski definition) is 3. The summed E-state index contributed by atoms with van der Waals surface area (Å²) in [5.41, 5.74) is -0.606. The molecule has 0 fully saturated rings. The minimum Gasteiger partial charge on any atom is -0.493 e. The van der Waals surface area contributed by atoms with Crippen LogP contribution in [-0.4, -0.2) is 28.4 Å². The van der Waals surface area contributed by atoms with Gasteiger partial charge in [-0.1, -0.05) is 18.2 Å². The molecule has 2 unspecified atom stereocenters. The Hall–Kier alpha value is -1.55. The van der Waals surface area contributed by atoms with Gasteiger partial charge in [-0.05, 0) is 31.4 Å². The lowest BCUT2D eigenvalue weighted by Crippen LogP contribution is -2.39. The molecule has 1 heterocycles. The third-order valence-electron chi connectivity index (χ3n) is 3.10. The molecule has 0 amide bonds. The first-order valence-electron chi connectivity index (χ1n) is 5.65. The van der Waals surface area contributed by atoms with Crippen molar-refractivity contribution in [1.82, 2.24) is 0 Å². The summed E-state index contributed by atoms with van der Waals surface area (Å²) in [6.45, 7) is 1.79. The van der Waals surface area contributed by atoms with E-state index >= 15 is 0 Å². The van der Waals surface area contributed by atoms with Crippen LogP contribution in [0.3, 0.4) is 0 Å². The molecule has 2 rings (SSSR count). The van der Waals surface area contributed by atoms with Crippen molar-refractivity contribution in [2.24, 2.45) is 5.92 Å². The van der Waals surface area contributed by atoms with Gasteiger partial charge in [0, 0.05) is 5.92 Å². The first kappa shape index (κ1) is 11.9. The highest BCUT2D eigenvalue weighted by Crippen LogP contribution is 2.30. The molecular formula is C13H16O4. The normalized spacial score (nSPS) is 22.1. The highest BCUT2D eigenvalue weighted by atomic mass is 16.5. The number of aliphatic hydroxyl groups is 1. The van der Waals surface area contributed by atoms with Crippen LogP contribution in [0.4, 0.5) is 0 Å². The first-order chi connectivity index (χ1) is 7.99. The maximum absolute atomic E-state index is 10.8. The molecule has 4 heteroatoms. The summed E-state index contributed by atoms with van der Waals surface area (Å²) < 4.78 is 5.56. The minimum atomic E-state index is -1.68. The minimum absolute atomic E-state index is 0.0380. The van der Waals surface area contributed by atoms with Gasteiger partial charge < -0.3 is 14.9 Å². The second-order valence-corrected chi connectivity index (χ2v) is 4.77. The predicted octanol–water partition coefficient (Wildman–Crippen LogP) is 1.46. The summed E-state index contributed by atoms with van der Waals surface area (Å²) in [5, 5.41) is 18.6. The highest BCUT2D eigenvalue weighted by molar-refractivity contribution is 5.76. The Kier molecular flexibility index (Phi) is 3.07. The SMILES string of the molecule is CC(O)(CC1COc2ccccc2C1)C(=O)O. The highest BCUT2D eigenvalue weighted by Gasteiger charge is 2.34. The third-order valence-corrected chi connectivity index (χ3v) is 3.10. The van der Waals surface area contributed by atoms with E-state index < -0.39 is 11.6 Å². The maximum Gasteiger partial charge on any atom is 0.335 e. The topological polar surface area (TPSA) is 66.8 Å². The van der Waals surface area contributed by atoms with Gasteiger partial charge in [0.1, 0.15) is 5.75 Å². The van der Waals surface area contributed by atoms with Gasteiger partial charge >= 0.3 is 5.97 Å². The predicted molar refractivity (Wildman–Crippen MR) is 62.0 cm³/mol. The largest absolute Gasteiger partial charge is 0.493 e. The monoisotopic (exact) mass is 236 g/mol. The molecule has 2 N–H and O–H groups in total. The van der Waals surface area contributed by atoms with Crippen molar-refractivity contribution in [3.63, 3.8) is 0 Å². The number of fused-ring (bicyclic) bond motifs is 1. The molecule has 92 valence electrons. The lowest BCUT2D eigenvalue weighted by atomic mass is 9.86. The van der Waals surface area contributed by atoms with E-state index in [4.69, 9.17) is 9.84 Å². The lowest BCUT2D eigenvalue weighted by Gasteiger charge is -2.29. The summed E-state index contributed by atoms with van der Waals surface area (Å²) in [7, 11) is 0. The number of benzene rings is 1. The van der Waals surface area contributed by atoms with E-state index in [2.05, 4.69) is 0 Å². The van der Waals surface area contributed by atoms with Crippen molar-refractivity contribution in [3.05, 3.63) is 29.8 Å².